The van der Waals surface area contributed by atoms with Crippen molar-refractivity contribution < 1.29 is 4.53 Å². The lowest BCUT2D eigenvalue weighted by Gasteiger charge is -2.25. The van der Waals surface area contributed by atoms with Crippen LogP contribution >= 0.6 is 0 Å². The van der Waals surface area contributed by atoms with Crippen LogP contribution in [0.4, 0.5) is 0 Å². The summed E-state index contributed by atoms with van der Waals surface area (Å²) in [6.45, 7) is 8.42. The van der Waals surface area contributed by atoms with Gasteiger partial charge in [-0.1, -0.05) is 6.42 Å². The van der Waals surface area contributed by atoms with Gasteiger partial charge in [-0.05, 0) is 45.8 Å². The molecule has 0 aromatic rings. The SMILES string of the molecule is C/C(=N\O[Si](C)(C)C)C1CCCC(C#N)C1. The van der Waals surface area contributed by atoms with E-state index >= 15 is 0 Å². The highest BCUT2D eigenvalue weighted by atomic mass is 28.4. The summed E-state index contributed by atoms with van der Waals surface area (Å²) in [6, 6.07) is 2.37. The first kappa shape index (κ1) is 13.2. The Morgan fingerprint density at radius 3 is 2.62 bits per heavy atom. The fourth-order valence-corrected chi connectivity index (χ4v) is 2.39. The molecule has 0 N–H and O–H groups in total. The minimum Gasteiger partial charge on any atom is -0.456 e. The Morgan fingerprint density at radius 2 is 2.06 bits per heavy atom. The van der Waals surface area contributed by atoms with Crippen molar-refractivity contribution in [1.82, 2.24) is 0 Å². The van der Waals surface area contributed by atoms with Gasteiger partial charge in [0.2, 0.25) is 0 Å². The van der Waals surface area contributed by atoms with Crippen molar-refractivity contribution in [2.75, 3.05) is 0 Å². The molecule has 0 aromatic heterocycles. The highest BCUT2D eigenvalue weighted by molar-refractivity contribution is 6.69. The van der Waals surface area contributed by atoms with Crippen molar-refractivity contribution in [1.29, 1.82) is 5.26 Å². The van der Waals surface area contributed by atoms with E-state index in [4.69, 9.17) is 9.79 Å². The molecule has 1 fully saturated rings. The summed E-state index contributed by atoms with van der Waals surface area (Å²) < 4.78 is 5.56. The number of rotatable bonds is 3. The molecule has 4 heteroatoms. The van der Waals surface area contributed by atoms with Gasteiger partial charge >= 0.3 is 0 Å². The minimum absolute atomic E-state index is 0.218. The maximum Gasteiger partial charge on any atom is 0.278 e. The van der Waals surface area contributed by atoms with Gasteiger partial charge in [-0.25, -0.2) is 0 Å². The Labute approximate surface area is 99.6 Å². The molecule has 0 saturated heterocycles. The van der Waals surface area contributed by atoms with Crippen LogP contribution in [0.15, 0.2) is 5.16 Å². The second-order valence-corrected chi connectivity index (χ2v) is 10.0. The van der Waals surface area contributed by atoms with Crippen LogP contribution in [-0.4, -0.2) is 14.0 Å². The fraction of sp³-hybridized carbons (Fsp3) is 0.833. The summed E-state index contributed by atoms with van der Waals surface area (Å²) in [5.74, 6) is 0.672. The summed E-state index contributed by atoms with van der Waals surface area (Å²) in [4.78, 5) is 0. The average Bonchev–Trinajstić information content (AvgIpc) is 2.25. The summed E-state index contributed by atoms with van der Waals surface area (Å²) in [7, 11) is -1.56. The van der Waals surface area contributed by atoms with E-state index in [1.54, 1.807) is 0 Å². The van der Waals surface area contributed by atoms with Gasteiger partial charge in [-0.15, -0.1) is 5.16 Å². The molecular weight excluding hydrogens is 216 g/mol. The Bertz CT molecular complexity index is 301. The molecule has 90 valence electrons. The Hall–Kier alpha value is -0.823. The molecule has 0 bridgehead atoms. The highest BCUT2D eigenvalue weighted by Crippen LogP contribution is 2.29. The Balaban J connectivity index is 2.53. The van der Waals surface area contributed by atoms with Crippen LogP contribution in [0.2, 0.25) is 19.6 Å². The molecule has 2 atom stereocenters. The van der Waals surface area contributed by atoms with E-state index in [1.807, 2.05) is 6.92 Å². The van der Waals surface area contributed by atoms with Crippen LogP contribution in [0, 0.1) is 23.2 Å². The van der Waals surface area contributed by atoms with Gasteiger partial charge in [-0.2, -0.15) is 5.26 Å². The molecule has 3 nitrogen and oxygen atoms in total. The van der Waals surface area contributed by atoms with Crippen LogP contribution in [-0.2, 0) is 4.53 Å². The maximum absolute atomic E-state index is 8.94. The van der Waals surface area contributed by atoms with Crippen molar-refractivity contribution in [2.45, 2.75) is 52.2 Å². The molecule has 0 spiro atoms. The summed E-state index contributed by atoms with van der Waals surface area (Å²) in [5, 5.41) is 13.2. The number of hydrogen-bond acceptors (Lipinski definition) is 3. The van der Waals surface area contributed by atoms with Crippen molar-refractivity contribution >= 4 is 14.0 Å². The molecule has 0 aromatic carbocycles. The lowest BCUT2D eigenvalue weighted by atomic mass is 9.80. The first-order valence-electron chi connectivity index (χ1n) is 6.04. The second kappa shape index (κ2) is 5.49. The molecule has 16 heavy (non-hydrogen) atoms. The predicted molar refractivity (Wildman–Crippen MR) is 68.6 cm³/mol. The van der Waals surface area contributed by atoms with Gasteiger partial charge in [0.1, 0.15) is 0 Å². The molecule has 1 rings (SSSR count). The van der Waals surface area contributed by atoms with E-state index in [0.29, 0.717) is 5.92 Å². The largest absolute Gasteiger partial charge is 0.456 e. The van der Waals surface area contributed by atoms with E-state index in [-0.39, 0.29) is 5.92 Å². The Kier molecular flexibility index (Phi) is 4.54. The normalized spacial score (nSPS) is 27.3. The van der Waals surface area contributed by atoms with E-state index < -0.39 is 8.32 Å². The van der Waals surface area contributed by atoms with Crippen molar-refractivity contribution in [3.8, 4) is 6.07 Å². The first-order chi connectivity index (χ1) is 7.42. The van der Waals surface area contributed by atoms with Crippen molar-refractivity contribution in [2.24, 2.45) is 17.0 Å². The molecule has 0 radical (unpaired) electrons. The van der Waals surface area contributed by atoms with Gasteiger partial charge in [0.05, 0.1) is 11.8 Å². The van der Waals surface area contributed by atoms with Gasteiger partial charge in [0.25, 0.3) is 8.32 Å². The predicted octanol–water partition coefficient (Wildman–Crippen LogP) is 3.54. The highest BCUT2D eigenvalue weighted by Gasteiger charge is 2.24. The third-order valence-corrected chi connectivity index (χ3v) is 3.55. The Morgan fingerprint density at radius 1 is 1.38 bits per heavy atom. The smallest absolute Gasteiger partial charge is 0.278 e. The van der Waals surface area contributed by atoms with Gasteiger partial charge in [-0.3, -0.25) is 0 Å². The lowest BCUT2D eigenvalue weighted by Crippen LogP contribution is -2.25. The zero-order valence-electron chi connectivity index (χ0n) is 10.8. The van der Waals surface area contributed by atoms with Gasteiger partial charge in [0, 0.05) is 11.8 Å². The zero-order chi connectivity index (χ0) is 12.2. The van der Waals surface area contributed by atoms with Crippen molar-refractivity contribution in [3.63, 3.8) is 0 Å². The van der Waals surface area contributed by atoms with Crippen LogP contribution < -0.4 is 0 Å². The molecule has 1 aliphatic carbocycles. The molecule has 0 amide bonds. The molecule has 0 aliphatic heterocycles. The first-order valence-corrected chi connectivity index (χ1v) is 9.45. The van der Waals surface area contributed by atoms with Crippen molar-refractivity contribution in [3.05, 3.63) is 0 Å². The number of oxime groups is 1. The molecule has 0 heterocycles. The standard InChI is InChI=1S/C12H22N2OSi/c1-10(14-15-16(2,3)4)12-7-5-6-11(8-12)9-13/h11-12H,5-8H2,1-4H3/b14-10+. The quantitative estimate of drug-likeness (QED) is 0.429. The molecule has 2 unspecified atom stereocenters. The third kappa shape index (κ3) is 4.36. The van der Waals surface area contributed by atoms with E-state index in [9.17, 15) is 0 Å². The molecular formula is C12H22N2OSi. The van der Waals surface area contributed by atoms with Crippen LogP contribution in [0.25, 0.3) is 0 Å². The topological polar surface area (TPSA) is 45.4 Å². The van der Waals surface area contributed by atoms with Gasteiger partial charge < -0.3 is 4.53 Å². The molecule has 1 saturated carbocycles. The third-order valence-electron chi connectivity index (χ3n) is 2.91. The van der Waals surface area contributed by atoms with E-state index in [0.717, 1.165) is 31.4 Å². The van der Waals surface area contributed by atoms with Crippen LogP contribution in [0.3, 0.4) is 0 Å². The molecule has 1 aliphatic rings. The monoisotopic (exact) mass is 238 g/mol. The summed E-state index contributed by atoms with van der Waals surface area (Å²) in [6.07, 6.45) is 4.31. The minimum atomic E-state index is -1.56. The average molecular weight is 238 g/mol. The van der Waals surface area contributed by atoms with Gasteiger partial charge in [0.15, 0.2) is 0 Å². The number of nitriles is 1. The summed E-state index contributed by atoms with van der Waals surface area (Å²) >= 11 is 0. The number of nitrogens with zero attached hydrogens (tertiary/aromatic N) is 2. The maximum atomic E-state index is 8.94. The second-order valence-electron chi connectivity index (χ2n) is 5.63. The van der Waals surface area contributed by atoms with Crippen LogP contribution in [0.1, 0.15) is 32.6 Å². The van der Waals surface area contributed by atoms with E-state index in [2.05, 4.69) is 30.9 Å². The van der Waals surface area contributed by atoms with Crippen LogP contribution in [0.5, 0.6) is 0 Å². The lowest BCUT2D eigenvalue weighted by molar-refractivity contribution is 0.318. The summed E-state index contributed by atoms with van der Waals surface area (Å²) in [5.41, 5.74) is 1.07. The fourth-order valence-electron chi connectivity index (χ4n) is 1.97. The van der Waals surface area contributed by atoms with E-state index in [1.165, 1.54) is 0 Å². The number of hydrogen-bond donors (Lipinski definition) is 0. The zero-order valence-corrected chi connectivity index (χ0v) is 11.8.